The molecule has 0 fully saturated rings. The zero-order valence-electron chi connectivity index (χ0n) is 8.00. The molecule has 3 nitrogen and oxygen atoms in total. The normalized spacial score (nSPS) is 37.1. The van der Waals surface area contributed by atoms with Crippen LogP contribution < -0.4 is 5.32 Å². The standard InChI is InChI=1S/C9H15NO2S/c1-6-7(2)10-9-3-4-13(11,12)5-8(6)9/h6-7,10H,3-5H2,1-2H3. The van der Waals surface area contributed by atoms with Crippen LogP contribution in [0.25, 0.3) is 0 Å². The molecule has 0 saturated heterocycles. The van der Waals surface area contributed by atoms with E-state index in [-0.39, 0.29) is 5.75 Å². The summed E-state index contributed by atoms with van der Waals surface area (Å²) in [6, 6.07) is 0.401. The molecule has 0 bridgehead atoms. The summed E-state index contributed by atoms with van der Waals surface area (Å²) >= 11 is 0. The average Bonchev–Trinajstić information content (AvgIpc) is 2.29. The molecule has 4 heteroatoms. The van der Waals surface area contributed by atoms with Gasteiger partial charge in [0.05, 0.1) is 11.5 Å². The van der Waals surface area contributed by atoms with Gasteiger partial charge in [0.15, 0.2) is 9.84 Å². The predicted molar refractivity (Wildman–Crippen MR) is 52.1 cm³/mol. The molecule has 0 radical (unpaired) electrons. The van der Waals surface area contributed by atoms with Crippen molar-refractivity contribution in [3.8, 4) is 0 Å². The van der Waals surface area contributed by atoms with Gasteiger partial charge in [-0.25, -0.2) is 8.42 Å². The Balaban J connectivity index is 2.32. The first kappa shape index (κ1) is 9.06. The molecule has 0 spiro atoms. The summed E-state index contributed by atoms with van der Waals surface area (Å²) in [7, 11) is -2.79. The van der Waals surface area contributed by atoms with Crippen molar-refractivity contribution in [3.63, 3.8) is 0 Å². The zero-order chi connectivity index (χ0) is 9.64. The van der Waals surface area contributed by atoms with Gasteiger partial charge in [-0.1, -0.05) is 6.92 Å². The Morgan fingerprint density at radius 3 is 2.77 bits per heavy atom. The molecule has 0 amide bonds. The Morgan fingerprint density at radius 1 is 1.38 bits per heavy atom. The van der Waals surface area contributed by atoms with Gasteiger partial charge in [0, 0.05) is 18.2 Å². The Labute approximate surface area is 79.1 Å². The van der Waals surface area contributed by atoms with Crippen LogP contribution in [0.3, 0.4) is 0 Å². The van der Waals surface area contributed by atoms with E-state index >= 15 is 0 Å². The fraction of sp³-hybridized carbons (Fsp3) is 0.778. The molecule has 2 aliphatic rings. The van der Waals surface area contributed by atoms with Crippen molar-refractivity contribution in [2.45, 2.75) is 26.3 Å². The van der Waals surface area contributed by atoms with Crippen LogP contribution in [0.2, 0.25) is 0 Å². The van der Waals surface area contributed by atoms with Crippen LogP contribution in [0.5, 0.6) is 0 Å². The van der Waals surface area contributed by atoms with Gasteiger partial charge in [0.25, 0.3) is 0 Å². The lowest BCUT2D eigenvalue weighted by atomic mass is 9.98. The Kier molecular flexibility index (Phi) is 1.91. The molecule has 74 valence electrons. The van der Waals surface area contributed by atoms with E-state index in [4.69, 9.17) is 0 Å². The van der Waals surface area contributed by atoms with Gasteiger partial charge in [0.1, 0.15) is 0 Å². The molecule has 0 saturated carbocycles. The molecular weight excluding hydrogens is 186 g/mol. The monoisotopic (exact) mass is 201 g/mol. The van der Waals surface area contributed by atoms with Gasteiger partial charge in [-0.2, -0.15) is 0 Å². The van der Waals surface area contributed by atoms with E-state index in [9.17, 15) is 8.42 Å². The van der Waals surface area contributed by atoms with Crippen molar-refractivity contribution in [2.24, 2.45) is 5.92 Å². The number of hydrogen-bond donors (Lipinski definition) is 1. The molecule has 1 N–H and O–H groups in total. The Morgan fingerprint density at radius 2 is 2.08 bits per heavy atom. The fourth-order valence-corrected chi connectivity index (χ4v) is 3.66. The molecule has 2 atom stereocenters. The van der Waals surface area contributed by atoms with E-state index in [2.05, 4.69) is 19.2 Å². The third-order valence-electron chi connectivity index (χ3n) is 3.13. The second-order valence-corrected chi connectivity index (χ2v) is 6.25. The zero-order valence-corrected chi connectivity index (χ0v) is 8.82. The number of hydrogen-bond acceptors (Lipinski definition) is 3. The van der Waals surface area contributed by atoms with Gasteiger partial charge in [-0.05, 0) is 18.4 Å². The molecule has 2 heterocycles. The molecule has 0 aliphatic carbocycles. The van der Waals surface area contributed by atoms with Crippen molar-refractivity contribution < 1.29 is 8.42 Å². The summed E-state index contributed by atoms with van der Waals surface area (Å²) in [6.45, 7) is 4.20. The summed E-state index contributed by atoms with van der Waals surface area (Å²) in [4.78, 5) is 0. The van der Waals surface area contributed by atoms with E-state index < -0.39 is 9.84 Å². The lowest BCUT2D eigenvalue weighted by molar-refractivity contribution is 0.534. The fourth-order valence-electron chi connectivity index (χ4n) is 2.09. The van der Waals surface area contributed by atoms with Crippen molar-refractivity contribution in [3.05, 3.63) is 11.3 Å². The molecule has 2 aliphatic heterocycles. The van der Waals surface area contributed by atoms with Crippen molar-refractivity contribution in [1.29, 1.82) is 0 Å². The molecule has 0 aromatic rings. The maximum atomic E-state index is 11.4. The maximum Gasteiger partial charge on any atom is 0.154 e. The van der Waals surface area contributed by atoms with E-state index in [1.165, 1.54) is 5.70 Å². The lowest BCUT2D eigenvalue weighted by Gasteiger charge is -2.16. The molecule has 0 aromatic carbocycles. The first-order valence-electron chi connectivity index (χ1n) is 4.68. The molecule has 0 aromatic heterocycles. The smallest absolute Gasteiger partial charge is 0.154 e. The first-order valence-corrected chi connectivity index (χ1v) is 6.50. The minimum absolute atomic E-state index is 0.279. The van der Waals surface area contributed by atoms with Crippen molar-refractivity contribution >= 4 is 9.84 Å². The summed E-state index contributed by atoms with van der Waals surface area (Å²) in [5, 5.41) is 3.36. The van der Waals surface area contributed by atoms with Crippen LogP contribution in [0, 0.1) is 5.92 Å². The predicted octanol–water partition coefficient (Wildman–Crippen LogP) is 0.687. The van der Waals surface area contributed by atoms with E-state index in [0.717, 1.165) is 5.57 Å². The van der Waals surface area contributed by atoms with Gasteiger partial charge in [-0.3, -0.25) is 0 Å². The van der Waals surface area contributed by atoms with Gasteiger partial charge in [-0.15, -0.1) is 0 Å². The van der Waals surface area contributed by atoms with Crippen LogP contribution >= 0.6 is 0 Å². The van der Waals surface area contributed by atoms with Crippen LogP contribution in [0.1, 0.15) is 20.3 Å². The molecule has 2 rings (SSSR count). The van der Waals surface area contributed by atoms with Gasteiger partial charge < -0.3 is 5.32 Å². The largest absolute Gasteiger partial charge is 0.385 e. The average molecular weight is 201 g/mol. The van der Waals surface area contributed by atoms with Crippen LogP contribution in [0.4, 0.5) is 0 Å². The summed E-state index contributed by atoms with van der Waals surface area (Å²) < 4.78 is 22.8. The summed E-state index contributed by atoms with van der Waals surface area (Å²) in [6.07, 6.45) is 0.687. The van der Waals surface area contributed by atoms with E-state index in [0.29, 0.717) is 24.1 Å². The minimum atomic E-state index is -2.79. The van der Waals surface area contributed by atoms with Crippen molar-refractivity contribution in [1.82, 2.24) is 5.32 Å². The van der Waals surface area contributed by atoms with Crippen LogP contribution in [-0.2, 0) is 9.84 Å². The van der Waals surface area contributed by atoms with E-state index in [1.54, 1.807) is 0 Å². The van der Waals surface area contributed by atoms with Crippen LogP contribution in [0.15, 0.2) is 11.3 Å². The highest BCUT2D eigenvalue weighted by atomic mass is 32.2. The van der Waals surface area contributed by atoms with Gasteiger partial charge in [0.2, 0.25) is 0 Å². The second kappa shape index (κ2) is 2.74. The first-order chi connectivity index (χ1) is 5.99. The minimum Gasteiger partial charge on any atom is -0.385 e. The second-order valence-electron chi connectivity index (χ2n) is 4.07. The molecular formula is C9H15NO2S. The van der Waals surface area contributed by atoms with Crippen molar-refractivity contribution in [2.75, 3.05) is 11.5 Å². The van der Waals surface area contributed by atoms with Crippen LogP contribution in [-0.4, -0.2) is 26.0 Å². The summed E-state index contributed by atoms with van der Waals surface area (Å²) in [5.41, 5.74) is 2.31. The molecule has 2 unspecified atom stereocenters. The summed E-state index contributed by atoms with van der Waals surface area (Å²) in [5.74, 6) is 0.976. The maximum absolute atomic E-state index is 11.4. The topological polar surface area (TPSA) is 46.2 Å². The number of allylic oxidation sites excluding steroid dienone is 1. The third-order valence-corrected chi connectivity index (χ3v) is 4.70. The number of sulfone groups is 1. The highest BCUT2D eigenvalue weighted by Crippen LogP contribution is 2.31. The lowest BCUT2D eigenvalue weighted by Crippen LogP contribution is -2.23. The molecule has 13 heavy (non-hydrogen) atoms. The third kappa shape index (κ3) is 1.47. The Bertz CT molecular complexity index is 356. The number of nitrogens with one attached hydrogen (secondary N) is 1. The Hall–Kier alpha value is -0.510. The SMILES string of the molecule is CC1NC2=C(CS(=O)(=O)CC2)C1C. The highest BCUT2D eigenvalue weighted by molar-refractivity contribution is 7.91. The van der Waals surface area contributed by atoms with Gasteiger partial charge >= 0.3 is 0 Å². The quantitative estimate of drug-likeness (QED) is 0.627. The highest BCUT2D eigenvalue weighted by Gasteiger charge is 2.34. The van der Waals surface area contributed by atoms with E-state index in [1.807, 2.05) is 0 Å². The number of rotatable bonds is 0.